The molecule has 1 heterocycles. The van der Waals surface area contributed by atoms with E-state index in [0.717, 1.165) is 34.8 Å². The lowest BCUT2D eigenvalue weighted by molar-refractivity contribution is 0.615. The minimum absolute atomic E-state index is 0.224. The van der Waals surface area contributed by atoms with Crippen molar-refractivity contribution in [1.82, 2.24) is 15.3 Å². The van der Waals surface area contributed by atoms with Crippen molar-refractivity contribution < 1.29 is 4.39 Å². The van der Waals surface area contributed by atoms with Crippen LogP contribution >= 0.6 is 11.8 Å². The number of nitrogens with zero attached hydrogens (tertiary/aromatic N) is 2. The first-order valence-electron chi connectivity index (χ1n) is 7.07. The van der Waals surface area contributed by atoms with E-state index in [2.05, 4.69) is 22.2 Å². The van der Waals surface area contributed by atoms with Crippen LogP contribution in [0.1, 0.15) is 30.3 Å². The summed E-state index contributed by atoms with van der Waals surface area (Å²) < 4.78 is 13.7. The molecule has 0 bridgehead atoms. The summed E-state index contributed by atoms with van der Waals surface area (Å²) in [7, 11) is 0. The van der Waals surface area contributed by atoms with Gasteiger partial charge in [0.05, 0.1) is 0 Å². The smallest absolute Gasteiger partial charge is 0.192 e. The molecule has 0 aliphatic rings. The van der Waals surface area contributed by atoms with Crippen LogP contribution in [0.15, 0.2) is 34.3 Å². The van der Waals surface area contributed by atoms with E-state index in [0.29, 0.717) is 11.7 Å². The van der Waals surface area contributed by atoms with Crippen LogP contribution in [0.5, 0.6) is 0 Å². The van der Waals surface area contributed by atoms with Crippen LogP contribution < -0.4 is 5.32 Å². The van der Waals surface area contributed by atoms with Crippen molar-refractivity contribution in [3.05, 3.63) is 47.0 Å². The number of benzene rings is 1. The monoisotopic (exact) mass is 305 g/mol. The molecule has 0 amide bonds. The van der Waals surface area contributed by atoms with Gasteiger partial charge >= 0.3 is 0 Å². The SMILES string of the molecule is CCCNCc1cc(F)cc(Sc2nc(C)cc(C)n2)c1. The predicted molar refractivity (Wildman–Crippen MR) is 84.0 cm³/mol. The van der Waals surface area contributed by atoms with Crippen molar-refractivity contribution in [2.75, 3.05) is 6.54 Å². The standard InChI is InChI=1S/C16H20FN3S/c1-4-5-18-10-13-7-14(17)9-15(8-13)21-16-19-11(2)6-12(3)20-16/h6-9,18H,4-5,10H2,1-3H3. The largest absolute Gasteiger partial charge is 0.313 e. The quantitative estimate of drug-likeness (QED) is 0.649. The summed E-state index contributed by atoms with van der Waals surface area (Å²) in [4.78, 5) is 9.58. The van der Waals surface area contributed by atoms with Crippen molar-refractivity contribution in [3.8, 4) is 0 Å². The molecule has 2 aromatic rings. The Hall–Kier alpha value is -1.46. The topological polar surface area (TPSA) is 37.8 Å². The Morgan fingerprint density at radius 1 is 1.10 bits per heavy atom. The fourth-order valence-electron chi connectivity index (χ4n) is 2.04. The van der Waals surface area contributed by atoms with E-state index in [1.165, 1.54) is 17.8 Å². The molecule has 0 fully saturated rings. The van der Waals surface area contributed by atoms with Gasteiger partial charge in [0.2, 0.25) is 0 Å². The molecule has 1 aromatic heterocycles. The van der Waals surface area contributed by atoms with Crippen LogP contribution in [0, 0.1) is 19.7 Å². The summed E-state index contributed by atoms with van der Waals surface area (Å²) in [5, 5.41) is 3.94. The summed E-state index contributed by atoms with van der Waals surface area (Å²) in [6, 6.07) is 7.00. The van der Waals surface area contributed by atoms with Crippen LogP contribution in [0.4, 0.5) is 4.39 Å². The summed E-state index contributed by atoms with van der Waals surface area (Å²) in [5.41, 5.74) is 2.79. The maximum Gasteiger partial charge on any atom is 0.192 e. The van der Waals surface area contributed by atoms with Gasteiger partial charge in [-0.05, 0) is 68.4 Å². The Labute approximate surface area is 129 Å². The van der Waals surface area contributed by atoms with Gasteiger partial charge in [0, 0.05) is 22.8 Å². The second kappa shape index (κ2) is 7.52. The molecule has 0 saturated heterocycles. The molecule has 0 atom stereocenters. The van der Waals surface area contributed by atoms with Gasteiger partial charge < -0.3 is 5.32 Å². The van der Waals surface area contributed by atoms with Crippen molar-refractivity contribution in [2.24, 2.45) is 0 Å². The highest BCUT2D eigenvalue weighted by molar-refractivity contribution is 7.99. The molecule has 3 nitrogen and oxygen atoms in total. The maximum atomic E-state index is 13.7. The third-order valence-electron chi connectivity index (χ3n) is 2.86. The normalized spacial score (nSPS) is 10.9. The highest BCUT2D eigenvalue weighted by Gasteiger charge is 2.06. The Morgan fingerprint density at radius 2 is 1.81 bits per heavy atom. The van der Waals surface area contributed by atoms with Gasteiger partial charge in [-0.15, -0.1) is 0 Å². The van der Waals surface area contributed by atoms with Crippen LogP contribution in [0.25, 0.3) is 0 Å². The number of hydrogen-bond donors (Lipinski definition) is 1. The molecule has 1 N–H and O–H groups in total. The first-order chi connectivity index (χ1) is 10.1. The average molecular weight is 305 g/mol. The zero-order valence-electron chi connectivity index (χ0n) is 12.6. The van der Waals surface area contributed by atoms with Crippen molar-refractivity contribution in [3.63, 3.8) is 0 Å². The first-order valence-corrected chi connectivity index (χ1v) is 7.89. The average Bonchev–Trinajstić information content (AvgIpc) is 2.37. The molecule has 0 aliphatic carbocycles. The first kappa shape index (κ1) is 15.9. The van der Waals surface area contributed by atoms with E-state index in [1.54, 1.807) is 6.07 Å². The Kier molecular flexibility index (Phi) is 5.70. The highest BCUT2D eigenvalue weighted by Crippen LogP contribution is 2.26. The van der Waals surface area contributed by atoms with Gasteiger partial charge in [0.15, 0.2) is 5.16 Å². The van der Waals surface area contributed by atoms with E-state index in [1.807, 2.05) is 26.0 Å². The van der Waals surface area contributed by atoms with Gasteiger partial charge in [-0.1, -0.05) is 6.92 Å². The molecule has 21 heavy (non-hydrogen) atoms. The Bertz CT molecular complexity index is 596. The summed E-state index contributed by atoms with van der Waals surface area (Å²) in [6.45, 7) is 7.58. The number of nitrogens with one attached hydrogen (secondary N) is 1. The van der Waals surface area contributed by atoms with Gasteiger partial charge in [-0.3, -0.25) is 0 Å². The summed E-state index contributed by atoms with van der Waals surface area (Å²) in [5.74, 6) is -0.224. The van der Waals surface area contributed by atoms with Crippen molar-refractivity contribution in [2.45, 2.75) is 43.8 Å². The van der Waals surface area contributed by atoms with Gasteiger partial charge in [-0.2, -0.15) is 0 Å². The summed E-state index contributed by atoms with van der Waals surface area (Å²) in [6.07, 6.45) is 1.06. The second-order valence-electron chi connectivity index (χ2n) is 5.01. The van der Waals surface area contributed by atoms with E-state index in [4.69, 9.17) is 0 Å². The molecule has 0 saturated carbocycles. The zero-order valence-corrected chi connectivity index (χ0v) is 13.4. The van der Waals surface area contributed by atoms with Crippen LogP contribution in [-0.4, -0.2) is 16.5 Å². The number of halogens is 1. The summed E-state index contributed by atoms with van der Waals surface area (Å²) >= 11 is 1.39. The van der Waals surface area contributed by atoms with Crippen LogP contribution in [0.3, 0.4) is 0 Å². The molecule has 0 unspecified atom stereocenters. The van der Waals surface area contributed by atoms with Crippen molar-refractivity contribution >= 4 is 11.8 Å². The van der Waals surface area contributed by atoms with E-state index < -0.39 is 0 Å². The molecule has 112 valence electrons. The molecule has 2 rings (SSSR count). The number of rotatable bonds is 6. The minimum Gasteiger partial charge on any atom is -0.313 e. The highest BCUT2D eigenvalue weighted by atomic mass is 32.2. The molecular weight excluding hydrogens is 285 g/mol. The lowest BCUT2D eigenvalue weighted by atomic mass is 10.2. The van der Waals surface area contributed by atoms with E-state index >= 15 is 0 Å². The Balaban J connectivity index is 2.15. The van der Waals surface area contributed by atoms with Gasteiger partial charge in [-0.25, -0.2) is 14.4 Å². The van der Waals surface area contributed by atoms with Gasteiger partial charge in [0.1, 0.15) is 5.82 Å². The van der Waals surface area contributed by atoms with E-state index in [-0.39, 0.29) is 5.82 Å². The van der Waals surface area contributed by atoms with E-state index in [9.17, 15) is 4.39 Å². The lowest BCUT2D eigenvalue weighted by Crippen LogP contribution is -2.13. The fraction of sp³-hybridized carbons (Fsp3) is 0.375. The second-order valence-corrected chi connectivity index (χ2v) is 6.05. The lowest BCUT2D eigenvalue weighted by Gasteiger charge is -2.07. The van der Waals surface area contributed by atoms with Crippen LogP contribution in [-0.2, 0) is 6.54 Å². The molecule has 0 spiro atoms. The minimum atomic E-state index is -0.224. The Morgan fingerprint density at radius 3 is 2.48 bits per heavy atom. The zero-order chi connectivity index (χ0) is 15.2. The third kappa shape index (κ3) is 5.10. The predicted octanol–water partition coefficient (Wildman–Crippen LogP) is 3.88. The number of aryl methyl sites for hydroxylation is 2. The molecule has 5 heteroatoms. The number of hydrogen-bond acceptors (Lipinski definition) is 4. The number of aromatic nitrogens is 2. The van der Waals surface area contributed by atoms with Gasteiger partial charge in [0.25, 0.3) is 0 Å². The van der Waals surface area contributed by atoms with Crippen molar-refractivity contribution in [1.29, 1.82) is 0 Å². The molecule has 1 aromatic carbocycles. The third-order valence-corrected chi connectivity index (χ3v) is 3.69. The fourth-order valence-corrected chi connectivity index (χ4v) is 3.01. The van der Waals surface area contributed by atoms with Crippen LogP contribution in [0.2, 0.25) is 0 Å². The molecule has 0 radical (unpaired) electrons. The molecule has 0 aliphatic heterocycles. The molecular formula is C16H20FN3S. The maximum absolute atomic E-state index is 13.7.